The van der Waals surface area contributed by atoms with Gasteiger partial charge >= 0.3 is 178 Å². The van der Waals surface area contributed by atoms with E-state index in [0.29, 0.717) is 0 Å². The van der Waals surface area contributed by atoms with Crippen molar-refractivity contribution in [1.82, 2.24) is 0 Å². The number of hydrogen-bond donors (Lipinski definition) is 0. The first-order valence-electron chi connectivity index (χ1n) is 0. The summed E-state index contributed by atoms with van der Waals surface area (Å²) in [6.07, 6.45) is 0. The van der Waals surface area contributed by atoms with Crippen molar-refractivity contribution in [2.75, 3.05) is 0 Å². The number of hydrogen-bond acceptors (Lipinski definition) is 0. The van der Waals surface area contributed by atoms with Crippen molar-refractivity contribution in [3.8, 4) is 0 Å². The van der Waals surface area contributed by atoms with Crippen LogP contribution in [0.5, 0.6) is 0 Å². The molecule has 0 nitrogen and oxygen atoms in total. The van der Waals surface area contributed by atoms with Crippen LogP contribution >= 0.6 is 12.4 Å². The predicted octanol–water partition coefficient (Wildman–Crippen LogP) is -31.8. The molecule has 0 aliphatic carbocycles. The van der Waals surface area contributed by atoms with Gasteiger partial charge in [-0.1, -0.05) is 0 Å². The average Bonchev–Trinajstić information content (AvgIpc) is 0. The molecule has 0 aliphatic heterocycles. The summed E-state index contributed by atoms with van der Waals surface area (Å²) in [7, 11) is 0. The Morgan fingerprint density at radius 2 is 0.375 bits per heavy atom. The Balaban J connectivity index is 0. The van der Waals surface area contributed by atoms with Crippen LogP contribution in [-0.2, 0) is 0 Å². The average molecular weight is 311 g/mol. The van der Waals surface area contributed by atoms with Crippen LogP contribution < -0.4 is 182 Å². The third-order valence-corrected chi connectivity index (χ3v) is 0. The number of rotatable bonds is 0. The third kappa shape index (κ3) is 168. The van der Waals surface area contributed by atoms with E-state index >= 15 is 0 Å². The summed E-state index contributed by atoms with van der Waals surface area (Å²) in [5, 5.41) is 0. The van der Waals surface area contributed by atoms with Crippen molar-refractivity contribution >= 4 is 58.5 Å². The van der Waals surface area contributed by atoms with Gasteiger partial charge in [0.1, 0.15) is 0 Å². The Hall–Kier alpha value is 7.16. The summed E-state index contributed by atoms with van der Waals surface area (Å²) in [5.41, 5.74) is 0. The van der Waals surface area contributed by atoms with Crippen LogP contribution in [0.1, 0.15) is 7.13 Å². The Bertz CT molecular complexity index is 45.4. The molecule has 0 heterocycles. The first-order chi connectivity index (χ1) is 0. The van der Waals surface area contributed by atoms with E-state index in [2.05, 4.69) is 0 Å². The van der Waals surface area contributed by atoms with Crippen molar-refractivity contribution in [2.45, 2.75) is 0 Å². The van der Waals surface area contributed by atoms with E-state index in [9.17, 15) is 0 Å². The monoisotopic (exact) mass is 308 g/mol. The second-order valence-corrected chi connectivity index (χ2v) is 0. The molecule has 14 heteroatoms. The predicted molar refractivity (Wildman–Crippen MR) is 37.1 cm³/mol. The van der Waals surface area contributed by atoms with Crippen molar-refractivity contribution in [3.05, 3.63) is 14.9 Å². The van der Waals surface area contributed by atoms with Crippen LogP contribution in [0.3, 0.4) is 0 Å². The van der Waals surface area contributed by atoms with E-state index in [1.54, 1.807) is 0 Å². The molecule has 0 N–H and O–H groups in total. The van der Waals surface area contributed by atoms with E-state index in [1.807, 2.05) is 0 Å². The molecule has 66 valence electrons. The molecule has 0 saturated carbocycles. The van der Waals surface area contributed by atoms with Gasteiger partial charge in [-0.2, -0.15) is 0 Å². The van der Waals surface area contributed by atoms with Crippen LogP contribution in [0, 0.1) is 14.9 Å². The topological polar surface area (TPSA) is 0 Å². The van der Waals surface area contributed by atoms with Gasteiger partial charge in [0, 0.05) is 0 Å². The Morgan fingerprint density at radius 1 is 0.375 bits per heavy atom. The van der Waals surface area contributed by atoms with Crippen LogP contribution in [0.2, 0.25) is 0 Å². The largest absolute Gasteiger partial charge is 2.00 e. The molecular formula is C2H12Cl5Li7Mg2. The summed E-state index contributed by atoms with van der Waals surface area (Å²) < 4.78 is 0. The van der Waals surface area contributed by atoms with E-state index in [4.69, 9.17) is 0 Å². The summed E-state index contributed by atoms with van der Waals surface area (Å²) in [5.74, 6) is 0. The minimum atomic E-state index is 0. The zero-order valence-corrected chi connectivity index (χ0v) is 19.0. The van der Waals surface area contributed by atoms with Gasteiger partial charge in [0.25, 0.3) is 0 Å². The molecule has 0 aromatic rings. The standard InChI is InChI=1S/2CH3.5ClH.7Li.2Mg.5H/h2*1H3;5*1H;;;;;;;;;;;;;;/q2*-1;;;;;;7*+1;2*+2;5*-1/p-4. The van der Waals surface area contributed by atoms with Crippen molar-refractivity contribution in [1.29, 1.82) is 0 Å². The second-order valence-electron chi connectivity index (χ2n) is 0. The minimum Gasteiger partial charge on any atom is -1.00 e. The molecule has 0 fully saturated rings. The molecule has 0 radical (unpaired) electrons. The fourth-order valence-corrected chi connectivity index (χ4v) is 0. The van der Waals surface area contributed by atoms with E-state index in [1.165, 1.54) is 0 Å². The molecule has 0 aliphatic rings. The zero-order valence-electron chi connectivity index (χ0n) is 17.3. The SMILES string of the molecule is Cl.[CH3-].[CH3-].[Cl-].[Cl-].[Cl-].[Cl-].[H-].[H-].[H-].[H-].[H-].[Li+].[Li+].[Li+].[Li+].[Li+].[Li+].[Li+].[Mg+2].[Mg+2]. The Morgan fingerprint density at radius 3 is 0.375 bits per heavy atom. The zero-order chi connectivity index (χ0) is 0. The molecule has 0 saturated heterocycles. The summed E-state index contributed by atoms with van der Waals surface area (Å²) in [6, 6.07) is 0. The van der Waals surface area contributed by atoms with Gasteiger partial charge in [0.2, 0.25) is 0 Å². The quantitative estimate of drug-likeness (QED) is 0.308. The van der Waals surface area contributed by atoms with Gasteiger partial charge in [-0.25, -0.2) is 0 Å². The molecule has 0 spiro atoms. The molecule has 0 amide bonds. The molecule has 0 bridgehead atoms. The summed E-state index contributed by atoms with van der Waals surface area (Å²) in [4.78, 5) is 0. The maximum absolute atomic E-state index is 0. The molecule has 16 heavy (non-hydrogen) atoms. The van der Waals surface area contributed by atoms with Crippen LogP contribution in [0.4, 0.5) is 0 Å². The van der Waals surface area contributed by atoms with E-state index in [-0.39, 0.29) is 262 Å². The van der Waals surface area contributed by atoms with Crippen LogP contribution in [-0.4, -0.2) is 46.1 Å². The first-order valence-corrected chi connectivity index (χ1v) is 0. The first kappa shape index (κ1) is 222. The third-order valence-electron chi connectivity index (χ3n) is 0. The molecule has 0 aromatic heterocycles. The van der Waals surface area contributed by atoms with Gasteiger partial charge in [0.15, 0.2) is 0 Å². The van der Waals surface area contributed by atoms with Gasteiger partial charge in [-0.15, -0.1) is 12.4 Å². The van der Waals surface area contributed by atoms with Crippen LogP contribution in [0.25, 0.3) is 0 Å². The maximum Gasteiger partial charge on any atom is 2.00 e. The van der Waals surface area contributed by atoms with Gasteiger partial charge in [-0.05, 0) is 0 Å². The van der Waals surface area contributed by atoms with Gasteiger partial charge < -0.3 is 71.6 Å². The minimum absolute atomic E-state index is 0. The Labute approximate surface area is 257 Å². The number of halogens is 5. The molecule has 0 aromatic carbocycles. The second kappa shape index (κ2) is 193. The van der Waals surface area contributed by atoms with Crippen molar-refractivity contribution in [2.24, 2.45) is 0 Å². The summed E-state index contributed by atoms with van der Waals surface area (Å²) >= 11 is 0. The molecule has 0 unspecified atom stereocenters. The fourth-order valence-electron chi connectivity index (χ4n) is 0. The Kier molecular flexibility index (Phi) is 2680. The molecule has 0 rings (SSSR count). The van der Waals surface area contributed by atoms with Crippen molar-refractivity contribution < 1.29 is 189 Å². The smallest absolute Gasteiger partial charge is 1.00 e. The molecular weight excluding hydrogens is 298 g/mol. The summed E-state index contributed by atoms with van der Waals surface area (Å²) in [6.45, 7) is 0. The van der Waals surface area contributed by atoms with E-state index in [0.717, 1.165) is 0 Å². The normalized spacial score (nSPS) is 0. The van der Waals surface area contributed by atoms with Gasteiger partial charge in [-0.3, -0.25) is 0 Å². The van der Waals surface area contributed by atoms with Crippen LogP contribution in [0.15, 0.2) is 0 Å². The van der Waals surface area contributed by atoms with Crippen molar-refractivity contribution in [3.63, 3.8) is 0 Å². The van der Waals surface area contributed by atoms with Gasteiger partial charge in [0.05, 0.1) is 0 Å². The fraction of sp³-hybridized carbons (Fsp3) is 0. The van der Waals surface area contributed by atoms with E-state index < -0.39 is 0 Å². The molecule has 0 atom stereocenters. The maximum atomic E-state index is 0.